The fourth-order valence-corrected chi connectivity index (χ4v) is 4.58. The van der Waals surface area contributed by atoms with Crippen LogP contribution in [0.15, 0.2) is 48.7 Å². The van der Waals surface area contributed by atoms with Gasteiger partial charge >= 0.3 is 0 Å². The van der Waals surface area contributed by atoms with Crippen molar-refractivity contribution in [1.29, 1.82) is 0 Å². The molecule has 0 unspecified atom stereocenters. The van der Waals surface area contributed by atoms with E-state index in [0.29, 0.717) is 24.2 Å². The Morgan fingerprint density at radius 2 is 2.09 bits per heavy atom. The van der Waals surface area contributed by atoms with Crippen molar-refractivity contribution in [3.8, 4) is 5.88 Å². The lowest BCUT2D eigenvalue weighted by molar-refractivity contribution is 0.0313. The van der Waals surface area contributed by atoms with Crippen LogP contribution in [0.3, 0.4) is 0 Å². The van der Waals surface area contributed by atoms with Crippen molar-refractivity contribution < 1.29 is 19.4 Å². The molecule has 7 heteroatoms. The third kappa shape index (κ3) is 4.99. The third-order valence-electron chi connectivity index (χ3n) is 6.75. The molecule has 0 radical (unpaired) electrons. The minimum atomic E-state index is -0.373. The van der Waals surface area contributed by atoms with Gasteiger partial charge in [0.05, 0.1) is 19.2 Å². The zero-order chi connectivity index (χ0) is 24.2. The van der Waals surface area contributed by atoms with E-state index in [1.165, 1.54) is 5.57 Å². The van der Waals surface area contributed by atoms with Gasteiger partial charge in [-0.25, -0.2) is 4.98 Å². The number of amides is 2. The Bertz CT molecular complexity index is 1070. The van der Waals surface area contributed by atoms with Crippen molar-refractivity contribution >= 4 is 17.4 Å². The highest BCUT2D eigenvalue weighted by molar-refractivity contribution is 5.97. The molecule has 4 rings (SSSR count). The molecule has 0 spiro atoms. The number of hydrogen-bond donors (Lipinski definition) is 1. The average Bonchev–Trinajstić information content (AvgIpc) is 3.40. The number of aliphatic hydroxyl groups excluding tert-OH is 1. The first kappa shape index (κ1) is 24.0. The lowest BCUT2D eigenvalue weighted by atomic mass is 9.99. The highest BCUT2D eigenvalue weighted by Crippen LogP contribution is 2.32. The lowest BCUT2D eigenvalue weighted by Gasteiger charge is -2.37. The molecule has 1 aromatic heterocycles. The molecule has 1 aromatic carbocycles. The molecule has 34 heavy (non-hydrogen) atoms. The predicted octanol–water partition coefficient (Wildman–Crippen LogP) is 3.64. The summed E-state index contributed by atoms with van der Waals surface area (Å²) in [5, 5.41) is 9.84. The van der Waals surface area contributed by atoms with E-state index in [0.717, 1.165) is 24.8 Å². The van der Waals surface area contributed by atoms with Crippen LogP contribution in [0, 0.1) is 5.92 Å². The number of aromatic nitrogens is 1. The van der Waals surface area contributed by atoms with E-state index in [1.807, 2.05) is 38.1 Å². The van der Waals surface area contributed by atoms with Gasteiger partial charge in [-0.2, -0.15) is 0 Å². The number of likely N-dealkylation sites (N-methyl/N-ethyl adjacent to an activating group) is 1. The topological polar surface area (TPSA) is 83.0 Å². The largest absolute Gasteiger partial charge is 0.472 e. The van der Waals surface area contributed by atoms with Crippen LogP contribution in [0.2, 0.25) is 0 Å². The smallest absolute Gasteiger partial charge is 0.259 e. The molecule has 7 nitrogen and oxygen atoms in total. The molecule has 2 aromatic rings. The van der Waals surface area contributed by atoms with Gasteiger partial charge in [-0.05, 0) is 55.5 Å². The number of ether oxygens (including phenoxy) is 1. The summed E-state index contributed by atoms with van der Waals surface area (Å²) in [4.78, 5) is 34.4. The molecule has 0 saturated carbocycles. The maximum Gasteiger partial charge on any atom is 0.259 e. The normalized spacial score (nSPS) is 21.1. The van der Waals surface area contributed by atoms with Crippen molar-refractivity contribution in [3.63, 3.8) is 0 Å². The summed E-state index contributed by atoms with van der Waals surface area (Å²) in [6.45, 7) is 4.45. The first-order valence-corrected chi connectivity index (χ1v) is 12.0. The van der Waals surface area contributed by atoms with E-state index in [4.69, 9.17) is 4.74 Å². The van der Waals surface area contributed by atoms with Crippen molar-refractivity contribution in [2.75, 3.05) is 26.7 Å². The van der Waals surface area contributed by atoms with Gasteiger partial charge in [-0.1, -0.05) is 31.2 Å². The predicted molar refractivity (Wildman–Crippen MR) is 131 cm³/mol. The zero-order valence-electron chi connectivity index (χ0n) is 20.1. The highest BCUT2D eigenvalue weighted by atomic mass is 16.5. The molecular formula is C27H33N3O4. The monoisotopic (exact) mass is 463 g/mol. The van der Waals surface area contributed by atoms with E-state index in [9.17, 15) is 14.7 Å². The molecule has 180 valence electrons. The average molecular weight is 464 g/mol. The fraction of sp³-hybridized carbons (Fsp3) is 0.444. The van der Waals surface area contributed by atoms with Crippen LogP contribution < -0.4 is 4.74 Å². The number of nitrogens with zero attached hydrogens (tertiary/aromatic N) is 3. The second-order valence-electron chi connectivity index (χ2n) is 9.37. The molecule has 2 amide bonds. The molecule has 3 atom stereocenters. The number of fused-ring (bicyclic) bond motifs is 1. The van der Waals surface area contributed by atoms with Crippen LogP contribution in [-0.4, -0.2) is 70.6 Å². The number of carbonyl (C=O) groups excluding carboxylic acids is 2. The quantitative estimate of drug-likeness (QED) is 0.707. The van der Waals surface area contributed by atoms with Gasteiger partial charge in [0, 0.05) is 31.3 Å². The molecule has 1 N–H and O–H groups in total. The van der Waals surface area contributed by atoms with Gasteiger partial charge < -0.3 is 19.6 Å². The minimum Gasteiger partial charge on any atom is -0.472 e. The Labute approximate surface area is 201 Å². The Kier molecular flexibility index (Phi) is 7.32. The summed E-state index contributed by atoms with van der Waals surface area (Å²) >= 11 is 0. The molecular weight excluding hydrogens is 430 g/mol. The van der Waals surface area contributed by atoms with Crippen LogP contribution in [0.5, 0.6) is 5.88 Å². The Morgan fingerprint density at radius 3 is 2.76 bits per heavy atom. The molecule has 1 aliphatic heterocycles. The number of aliphatic hydroxyl groups is 1. The highest BCUT2D eigenvalue weighted by Gasteiger charge is 2.35. The Morgan fingerprint density at radius 1 is 1.32 bits per heavy atom. The van der Waals surface area contributed by atoms with Crippen molar-refractivity contribution in [1.82, 2.24) is 14.8 Å². The van der Waals surface area contributed by atoms with E-state index >= 15 is 0 Å². The molecule has 0 fully saturated rings. The summed E-state index contributed by atoms with van der Waals surface area (Å²) in [5.74, 6) is -0.0916. The maximum atomic E-state index is 13.5. The number of pyridine rings is 1. The van der Waals surface area contributed by atoms with E-state index in [-0.39, 0.29) is 42.4 Å². The molecule has 1 aliphatic carbocycles. The lowest BCUT2D eigenvalue weighted by Crippen LogP contribution is -2.50. The van der Waals surface area contributed by atoms with Crippen LogP contribution in [0.4, 0.5) is 0 Å². The summed E-state index contributed by atoms with van der Waals surface area (Å²) in [7, 11) is 1.76. The van der Waals surface area contributed by atoms with Crippen LogP contribution in [0.25, 0.3) is 5.57 Å². The number of allylic oxidation sites excluding steroid dienone is 2. The summed E-state index contributed by atoms with van der Waals surface area (Å²) in [6.07, 6.45) is 6.70. The Hall–Kier alpha value is -3.19. The number of hydrogen-bond acceptors (Lipinski definition) is 5. The van der Waals surface area contributed by atoms with Gasteiger partial charge in [0.15, 0.2) is 0 Å². The molecule has 0 saturated heterocycles. The standard InChI is InChI=1S/C27H33N3O4/c1-18-15-30(19(2)17-31)27(33)23-13-22(20-9-7-8-10-20)14-28-25(23)34-24(18)16-29(3)26(32)21-11-5-4-6-12-21/h4-6,9,11-14,18-19,24,31H,7-8,10,15-17H2,1-3H3/t18-,19-,24-/m1/s1. The summed E-state index contributed by atoms with van der Waals surface area (Å²) < 4.78 is 6.32. The second kappa shape index (κ2) is 10.4. The third-order valence-corrected chi connectivity index (χ3v) is 6.75. The second-order valence-corrected chi connectivity index (χ2v) is 9.37. The van der Waals surface area contributed by atoms with E-state index in [2.05, 4.69) is 11.1 Å². The number of benzene rings is 1. The van der Waals surface area contributed by atoms with Crippen LogP contribution in [0.1, 0.15) is 59.4 Å². The van der Waals surface area contributed by atoms with Gasteiger partial charge in [0.2, 0.25) is 5.88 Å². The molecule has 2 heterocycles. The molecule has 0 bridgehead atoms. The first-order chi connectivity index (χ1) is 16.4. The van der Waals surface area contributed by atoms with Gasteiger partial charge in [0.25, 0.3) is 11.8 Å². The van der Waals surface area contributed by atoms with Crippen LogP contribution in [-0.2, 0) is 0 Å². The number of carbonyl (C=O) groups is 2. The summed E-state index contributed by atoms with van der Waals surface area (Å²) in [6, 6.07) is 10.7. The Balaban J connectivity index is 1.65. The fourth-order valence-electron chi connectivity index (χ4n) is 4.58. The zero-order valence-corrected chi connectivity index (χ0v) is 20.1. The molecule has 2 aliphatic rings. The van der Waals surface area contributed by atoms with Crippen molar-refractivity contribution in [2.45, 2.75) is 45.3 Å². The SMILES string of the molecule is C[C@@H]1CN([C@H](C)CO)C(=O)c2cc(C3=CCCC3)cnc2O[C@@H]1CN(C)C(=O)c1ccccc1. The van der Waals surface area contributed by atoms with Crippen LogP contribution >= 0.6 is 0 Å². The summed E-state index contributed by atoms with van der Waals surface area (Å²) in [5.41, 5.74) is 3.15. The first-order valence-electron chi connectivity index (χ1n) is 12.0. The van der Waals surface area contributed by atoms with Gasteiger partial charge in [-0.3, -0.25) is 9.59 Å². The maximum absolute atomic E-state index is 13.5. The van der Waals surface area contributed by atoms with Gasteiger partial charge in [-0.15, -0.1) is 0 Å². The van der Waals surface area contributed by atoms with Crippen molar-refractivity contribution in [3.05, 3.63) is 65.4 Å². The van der Waals surface area contributed by atoms with E-state index < -0.39 is 0 Å². The number of rotatable bonds is 6. The van der Waals surface area contributed by atoms with Crippen molar-refractivity contribution in [2.24, 2.45) is 5.92 Å². The minimum absolute atomic E-state index is 0.0869. The van der Waals surface area contributed by atoms with Gasteiger partial charge in [0.1, 0.15) is 11.7 Å². The van der Waals surface area contributed by atoms with E-state index in [1.54, 1.807) is 35.2 Å².